The monoisotopic (exact) mass is 480 g/mol. The summed E-state index contributed by atoms with van der Waals surface area (Å²) >= 11 is 1.31. The van der Waals surface area contributed by atoms with Crippen molar-refractivity contribution in [3.05, 3.63) is 94.9 Å². The number of methoxy groups -OCH3 is 2. The molecule has 0 fully saturated rings. The van der Waals surface area contributed by atoms with Crippen LogP contribution >= 0.6 is 11.3 Å². The Balaban J connectivity index is 1.80. The van der Waals surface area contributed by atoms with Gasteiger partial charge in [0, 0.05) is 27.6 Å². The number of fused-ring (bicyclic) bond motifs is 1. The molecule has 0 atom stereocenters. The Kier molecular flexibility index (Phi) is 5.97. The summed E-state index contributed by atoms with van der Waals surface area (Å²) in [4.78, 5) is 19.5. The number of nitrogens with zero attached hydrogens (tertiary/aromatic N) is 1. The second-order valence-electron chi connectivity index (χ2n) is 8.21. The molecule has 5 rings (SSSR count). The zero-order valence-corrected chi connectivity index (χ0v) is 20.5. The van der Waals surface area contributed by atoms with Crippen LogP contribution in [-0.4, -0.2) is 25.0 Å². The number of rotatable bonds is 6. The summed E-state index contributed by atoms with van der Waals surface area (Å²) in [7, 11) is 3.26. The highest BCUT2D eigenvalue weighted by atomic mass is 32.1. The number of nitrogens with two attached hydrogens (primary N) is 1. The van der Waals surface area contributed by atoms with E-state index in [0.717, 1.165) is 33.3 Å². The Labute approximate surface area is 207 Å². The molecule has 0 aliphatic carbocycles. The minimum atomic E-state index is -0.115. The number of anilines is 1. The number of thiophene rings is 1. The Hall–Kier alpha value is -4.16. The van der Waals surface area contributed by atoms with Gasteiger partial charge in [-0.05, 0) is 31.2 Å². The second kappa shape index (κ2) is 9.24. The number of aromatic nitrogens is 1. The molecule has 0 bridgehead atoms. The molecule has 0 amide bonds. The number of carbonyl (C=O) groups is 1. The lowest BCUT2D eigenvalue weighted by molar-refractivity contribution is 0.104. The average Bonchev–Trinajstić information content (AvgIpc) is 3.24. The van der Waals surface area contributed by atoms with E-state index in [-0.39, 0.29) is 5.78 Å². The summed E-state index contributed by atoms with van der Waals surface area (Å²) in [5.41, 5.74) is 12.2. The molecule has 2 aromatic heterocycles. The lowest BCUT2D eigenvalue weighted by Crippen LogP contribution is -2.02. The highest BCUT2D eigenvalue weighted by Gasteiger charge is 2.24. The van der Waals surface area contributed by atoms with Gasteiger partial charge in [-0.3, -0.25) is 4.79 Å². The van der Waals surface area contributed by atoms with Gasteiger partial charge in [0.2, 0.25) is 5.78 Å². The number of nitrogen functional groups attached to an aromatic ring is 1. The van der Waals surface area contributed by atoms with Crippen LogP contribution in [0.3, 0.4) is 0 Å². The highest BCUT2D eigenvalue weighted by Crippen LogP contribution is 2.45. The molecular weight excluding hydrogens is 456 g/mol. The molecule has 0 saturated heterocycles. The first-order valence-electron chi connectivity index (χ1n) is 11.1. The third-order valence-electron chi connectivity index (χ3n) is 5.99. The van der Waals surface area contributed by atoms with Crippen molar-refractivity contribution in [3.8, 4) is 33.9 Å². The van der Waals surface area contributed by atoms with Gasteiger partial charge in [0.15, 0.2) is 0 Å². The molecule has 35 heavy (non-hydrogen) atoms. The van der Waals surface area contributed by atoms with E-state index in [1.54, 1.807) is 14.2 Å². The maximum Gasteiger partial charge on any atom is 0.205 e. The quantitative estimate of drug-likeness (QED) is 0.272. The third kappa shape index (κ3) is 4.13. The number of pyridine rings is 1. The average molecular weight is 481 g/mol. The van der Waals surface area contributed by atoms with E-state index in [4.69, 9.17) is 20.2 Å². The van der Waals surface area contributed by atoms with Crippen LogP contribution in [0.4, 0.5) is 5.69 Å². The van der Waals surface area contributed by atoms with Crippen LogP contribution < -0.4 is 15.2 Å². The number of aryl methyl sites for hydroxylation is 1. The van der Waals surface area contributed by atoms with E-state index in [9.17, 15) is 4.79 Å². The maximum atomic E-state index is 13.4. The minimum Gasteiger partial charge on any atom is -0.497 e. The normalized spacial score (nSPS) is 10.9. The van der Waals surface area contributed by atoms with Crippen molar-refractivity contribution in [1.82, 2.24) is 4.98 Å². The molecule has 0 unspecified atom stereocenters. The molecule has 6 heteroatoms. The molecule has 174 valence electrons. The fourth-order valence-corrected chi connectivity index (χ4v) is 5.20. The Morgan fingerprint density at radius 2 is 1.63 bits per heavy atom. The van der Waals surface area contributed by atoms with Gasteiger partial charge in [0.1, 0.15) is 21.2 Å². The van der Waals surface area contributed by atoms with Gasteiger partial charge in [-0.15, -0.1) is 11.3 Å². The van der Waals surface area contributed by atoms with Gasteiger partial charge in [0.05, 0.1) is 25.6 Å². The van der Waals surface area contributed by atoms with E-state index >= 15 is 0 Å². The van der Waals surface area contributed by atoms with Crippen LogP contribution in [0.15, 0.2) is 78.9 Å². The lowest BCUT2D eigenvalue weighted by atomic mass is 9.97. The molecule has 5 aromatic rings. The summed E-state index contributed by atoms with van der Waals surface area (Å²) in [6, 6.07) is 25.1. The summed E-state index contributed by atoms with van der Waals surface area (Å²) in [6.45, 7) is 1.99. The predicted octanol–water partition coefficient (Wildman–Crippen LogP) is 6.77. The molecule has 2 heterocycles. The fraction of sp³-hybridized carbons (Fsp3) is 0.103. The minimum absolute atomic E-state index is 0.115. The first-order chi connectivity index (χ1) is 17.0. The van der Waals surface area contributed by atoms with Crippen molar-refractivity contribution < 1.29 is 14.3 Å². The number of ketones is 1. The number of carbonyl (C=O) groups excluding carboxylic acids is 1. The Bertz CT molecular complexity index is 1540. The van der Waals surface area contributed by atoms with E-state index in [1.807, 2.05) is 85.8 Å². The van der Waals surface area contributed by atoms with E-state index in [0.29, 0.717) is 32.5 Å². The molecule has 0 saturated carbocycles. The first-order valence-corrected chi connectivity index (χ1v) is 11.9. The summed E-state index contributed by atoms with van der Waals surface area (Å²) < 4.78 is 11.2. The third-order valence-corrected chi connectivity index (χ3v) is 7.08. The smallest absolute Gasteiger partial charge is 0.205 e. The van der Waals surface area contributed by atoms with Crippen LogP contribution in [0.1, 0.15) is 20.8 Å². The Morgan fingerprint density at radius 3 is 2.31 bits per heavy atom. The second-order valence-corrected chi connectivity index (χ2v) is 9.21. The molecule has 0 aliphatic heterocycles. The molecule has 3 aromatic carbocycles. The molecule has 0 aliphatic rings. The topological polar surface area (TPSA) is 74.4 Å². The van der Waals surface area contributed by atoms with E-state index in [2.05, 4.69) is 0 Å². The van der Waals surface area contributed by atoms with Crippen LogP contribution in [0, 0.1) is 6.92 Å². The molecule has 2 N–H and O–H groups in total. The van der Waals surface area contributed by atoms with Gasteiger partial charge in [-0.2, -0.15) is 0 Å². The SMILES string of the molecule is COc1ccc(OC)c(-c2cc(-c3ccccc3)nc3sc(C(=O)c4ccc(C)cc4)c(N)c23)c1. The van der Waals surface area contributed by atoms with E-state index < -0.39 is 0 Å². The number of hydrogen-bond acceptors (Lipinski definition) is 6. The first kappa shape index (κ1) is 22.6. The molecule has 0 radical (unpaired) electrons. The zero-order valence-electron chi connectivity index (χ0n) is 19.7. The van der Waals surface area contributed by atoms with Crippen molar-refractivity contribution in [1.29, 1.82) is 0 Å². The van der Waals surface area contributed by atoms with Gasteiger partial charge in [-0.1, -0.05) is 60.2 Å². The summed E-state index contributed by atoms with van der Waals surface area (Å²) in [6.07, 6.45) is 0. The largest absolute Gasteiger partial charge is 0.497 e. The van der Waals surface area contributed by atoms with Crippen molar-refractivity contribution in [3.63, 3.8) is 0 Å². The maximum absolute atomic E-state index is 13.4. The zero-order chi connectivity index (χ0) is 24.5. The number of hydrogen-bond donors (Lipinski definition) is 1. The molecular formula is C29H24N2O3S. The molecule has 0 spiro atoms. The predicted molar refractivity (Wildman–Crippen MR) is 143 cm³/mol. The van der Waals surface area contributed by atoms with Crippen LogP contribution in [0.5, 0.6) is 11.5 Å². The highest BCUT2D eigenvalue weighted by molar-refractivity contribution is 7.21. The van der Waals surface area contributed by atoms with Crippen molar-refractivity contribution in [2.24, 2.45) is 0 Å². The van der Waals surface area contributed by atoms with Crippen molar-refractivity contribution in [2.45, 2.75) is 6.92 Å². The van der Waals surface area contributed by atoms with Crippen LogP contribution in [-0.2, 0) is 0 Å². The number of benzene rings is 3. The van der Waals surface area contributed by atoms with E-state index in [1.165, 1.54) is 11.3 Å². The van der Waals surface area contributed by atoms with Crippen LogP contribution in [0.25, 0.3) is 32.6 Å². The van der Waals surface area contributed by atoms with Crippen molar-refractivity contribution in [2.75, 3.05) is 20.0 Å². The summed E-state index contributed by atoms with van der Waals surface area (Å²) in [5, 5.41) is 0.733. The van der Waals surface area contributed by atoms with Gasteiger partial charge in [0.25, 0.3) is 0 Å². The van der Waals surface area contributed by atoms with Gasteiger partial charge in [-0.25, -0.2) is 4.98 Å². The lowest BCUT2D eigenvalue weighted by Gasteiger charge is -2.13. The van der Waals surface area contributed by atoms with Crippen LogP contribution in [0.2, 0.25) is 0 Å². The fourth-order valence-electron chi connectivity index (χ4n) is 4.12. The van der Waals surface area contributed by atoms with Crippen molar-refractivity contribution >= 4 is 33.0 Å². The molecule has 5 nitrogen and oxygen atoms in total. The van der Waals surface area contributed by atoms with Gasteiger partial charge < -0.3 is 15.2 Å². The number of ether oxygens (including phenoxy) is 2. The van der Waals surface area contributed by atoms with Gasteiger partial charge >= 0.3 is 0 Å². The standard InChI is InChI=1S/C29H24N2O3S/c1-17-9-11-19(12-10-17)27(32)28-26(30)25-22(21-15-20(33-2)13-14-24(21)34-3)16-23(31-29(25)35-28)18-7-5-4-6-8-18/h4-16H,30H2,1-3H3. The Morgan fingerprint density at radius 1 is 0.886 bits per heavy atom. The summed E-state index contributed by atoms with van der Waals surface area (Å²) in [5.74, 6) is 1.25.